The molecule has 3 aromatic rings. The molecule has 0 radical (unpaired) electrons. The third kappa shape index (κ3) is 3.69. The van der Waals surface area contributed by atoms with Crippen molar-refractivity contribution in [3.8, 4) is 11.3 Å². The summed E-state index contributed by atoms with van der Waals surface area (Å²) in [5, 5.41) is 5.36. The van der Waals surface area contributed by atoms with Gasteiger partial charge in [-0.1, -0.05) is 35.9 Å². The number of aromatic nitrogens is 1. The summed E-state index contributed by atoms with van der Waals surface area (Å²) in [4.78, 5) is 6.39. The molecule has 25 heavy (non-hydrogen) atoms. The zero-order valence-corrected chi connectivity index (χ0v) is 16.0. The molecule has 0 fully saturated rings. The minimum absolute atomic E-state index is 0.0844. The second-order valence-corrected chi connectivity index (χ2v) is 8.60. The molecule has 0 bridgehead atoms. The summed E-state index contributed by atoms with van der Waals surface area (Å²) in [6.45, 7) is 1.97. The summed E-state index contributed by atoms with van der Waals surface area (Å²) >= 11 is 7.51. The molecule has 0 unspecified atom stereocenters. The largest absolute Gasteiger partial charge is 0.319 e. The number of sulfonamides is 1. The van der Waals surface area contributed by atoms with Gasteiger partial charge in [0.05, 0.1) is 16.4 Å². The Bertz CT molecular complexity index is 1100. The number of nitrogens with zero attached hydrogens (tertiary/aromatic N) is 2. The van der Waals surface area contributed by atoms with Gasteiger partial charge in [-0.2, -0.15) is 0 Å². The van der Waals surface area contributed by atoms with E-state index in [1.165, 1.54) is 17.4 Å². The van der Waals surface area contributed by atoms with Crippen LogP contribution in [-0.4, -0.2) is 13.0 Å². The number of nitrogens with two attached hydrogens (primary N) is 1. The van der Waals surface area contributed by atoms with Crippen molar-refractivity contribution in [2.45, 2.75) is 11.8 Å². The van der Waals surface area contributed by atoms with Crippen LogP contribution < -0.4 is 9.94 Å². The van der Waals surface area contributed by atoms with Gasteiger partial charge >= 0.3 is 0 Å². The van der Waals surface area contributed by atoms with E-state index in [-0.39, 0.29) is 9.92 Å². The molecule has 0 saturated heterocycles. The van der Waals surface area contributed by atoms with Crippen LogP contribution in [0.3, 0.4) is 0 Å². The lowest BCUT2D eigenvalue weighted by Gasteiger charge is -2.08. The van der Waals surface area contributed by atoms with Gasteiger partial charge in [0.25, 0.3) is 0 Å². The van der Waals surface area contributed by atoms with Gasteiger partial charge in [-0.05, 0) is 31.2 Å². The number of halogens is 1. The van der Waals surface area contributed by atoms with Crippen molar-refractivity contribution in [3.63, 3.8) is 0 Å². The number of hydrogen-bond acceptors (Lipinski definition) is 4. The minimum Gasteiger partial charge on any atom is -0.319 e. The van der Waals surface area contributed by atoms with Gasteiger partial charge in [-0.15, -0.1) is 11.3 Å². The summed E-state index contributed by atoms with van der Waals surface area (Å²) in [5.74, 6) is 0. The predicted octanol–water partition coefficient (Wildman–Crippen LogP) is 3.60. The number of hydrogen-bond donors (Lipinski definition) is 1. The number of benzene rings is 2. The smallest absolute Gasteiger partial charge is 0.239 e. The van der Waals surface area contributed by atoms with Crippen LogP contribution in [0, 0.1) is 6.92 Å². The Hall–Kier alpha value is -1.93. The molecule has 3 rings (SSSR count). The van der Waals surface area contributed by atoms with Crippen molar-refractivity contribution in [2.75, 3.05) is 0 Å². The van der Waals surface area contributed by atoms with E-state index in [2.05, 4.69) is 4.99 Å². The molecule has 1 heterocycles. The molecule has 0 atom stereocenters. The van der Waals surface area contributed by atoms with E-state index in [0.29, 0.717) is 0 Å². The van der Waals surface area contributed by atoms with E-state index in [4.69, 9.17) is 16.7 Å². The third-order valence-electron chi connectivity index (χ3n) is 3.69. The Labute approximate surface area is 155 Å². The number of primary sulfonamides is 1. The van der Waals surface area contributed by atoms with E-state index in [1.54, 1.807) is 12.1 Å². The van der Waals surface area contributed by atoms with Crippen molar-refractivity contribution >= 4 is 38.6 Å². The van der Waals surface area contributed by atoms with E-state index in [0.717, 1.165) is 26.6 Å². The predicted molar refractivity (Wildman–Crippen MR) is 102 cm³/mol. The monoisotopic (exact) mass is 393 g/mol. The zero-order chi connectivity index (χ0) is 18.2. The minimum atomic E-state index is -3.89. The first-order chi connectivity index (χ1) is 11.8. The fourth-order valence-corrected chi connectivity index (χ4v) is 4.64. The maximum atomic E-state index is 11.7. The van der Waals surface area contributed by atoms with Crippen molar-refractivity contribution in [1.29, 1.82) is 0 Å². The first-order valence-corrected chi connectivity index (χ1v) is 10.1. The molecule has 0 aliphatic rings. The summed E-state index contributed by atoms with van der Waals surface area (Å²) in [5.41, 5.74) is 2.45. The normalized spacial score (nSPS) is 12.6. The van der Waals surface area contributed by atoms with Gasteiger partial charge in [0.2, 0.25) is 10.0 Å². The molecule has 0 amide bonds. The van der Waals surface area contributed by atoms with Crippen molar-refractivity contribution in [3.05, 3.63) is 63.2 Å². The zero-order valence-electron chi connectivity index (χ0n) is 13.6. The lowest BCUT2D eigenvalue weighted by atomic mass is 10.1. The molecule has 5 nitrogen and oxygen atoms in total. The van der Waals surface area contributed by atoms with Crippen molar-refractivity contribution < 1.29 is 8.42 Å². The second kappa shape index (κ2) is 6.76. The van der Waals surface area contributed by atoms with Gasteiger partial charge in [-0.25, -0.2) is 18.5 Å². The molecule has 130 valence electrons. The van der Waals surface area contributed by atoms with Crippen LogP contribution in [-0.2, 0) is 17.1 Å². The maximum Gasteiger partial charge on any atom is 0.239 e. The summed E-state index contributed by atoms with van der Waals surface area (Å²) in [6, 6.07) is 14.5. The average molecular weight is 394 g/mol. The molecule has 0 spiro atoms. The first kappa shape index (κ1) is 17.9. The number of aryl methyl sites for hydroxylation is 1. The first-order valence-electron chi connectivity index (χ1n) is 7.36. The maximum absolute atomic E-state index is 11.7. The van der Waals surface area contributed by atoms with Gasteiger partial charge in [0, 0.05) is 17.5 Å². The molecule has 1 aromatic heterocycles. The highest BCUT2D eigenvalue weighted by molar-refractivity contribution is 7.89. The van der Waals surface area contributed by atoms with Gasteiger partial charge < -0.3 is 4.57 Å². The van der Waals surface area contributed by atoms with Gasteiger partial charge in [0.1, 0.15) is 4.90 Å². The summed E-state index contributed by atoms with van der Waals surface area (Å²) < 4.78 is 25.4. The van der Waals surface area contributed by atoms with Gasteiger partial charge in [0.15, 0.2) is 4.80 Å². The highest BCUT2D eigenvalue weighted by atomic mass is 35.5. The van der Waals surface area contributed by atoms with Crippen molar-refractivity contribution in [1.82, 2.24) is 4.57 Å². The molecular formula is C17H16ClN3O2S2. The molecule has 0 aliphatic carbocycles. The molecule has 2 aromatic carbocycles. The fourth-order valence-electron chi connectivity index (χ4n) is 2.56. The lowest BCUT2D eigenvalue weighted by Crippen LogP contribution is -2.14. The van der Waals surface area contributed by atoms with Crippen LogP contribution in [0.2, 0.25) is 5.02 Å². The van der Waals surface area contributed by atoms with Crippen molar-refractivity contribution in [2.24, 2.45) is 17.2 Å². The highest BCUT2D eigenvalue weighted by Gasteiger charge is 2.17. The molecule has 2 N–H and O–H groups in total. The van der Waals surface area contributed by atoms with Crippen LogP contribution in [0.15, 0.2) is 58.4 Å². The van der Waals surface area contributed by atoms with Crippen LogP contribution in [0.5, 0.6) is 0 Å². The van der Waals surface area contributed by atoms with E-state index >= 15 is 0 Å². The van der Waals surface area contributed by atoms with E-state index in [1.807, 2.05) is 48.9 Å². The quantitative estimate of drug-likeness (QED) is 0.738. The second-order valence-electron chi connectivity index (χ2n) is 5.49. The average Bonchev–Trinajstić information content (AvgIpc) is 2.82. The fraction of sp³-hybridized carbons (Fsp3) is 0.118. The summed E-state index contributed by atoms with van der Waals surface area (Å²) in [7, 11) is -2.00. The molecular weight excluding hydrogens is 378 g/mol. The number of para-hydroxylation sites is 1. The Morgan fingerprint density at radius 2 is 1.84 bits per heavy atom. The molecule has 0 saturated carbocycles. The van der Waals surface area contributed by atoms with Crippen LogP contribution in [0.1, 0.15) is 4.88 Å². The Balaban J connectivity index is 2.19. The van der Waals surface area contributed by atoms with E-state index < -0.39 is 10.0 Å². The Kier molecular flexibility index (Phi) is 4.83. The standard InChI is InChI=1S/C17H16ClN3O2S2/c1-11-16(12-8-9-14(18)15(10-12)25(19,22)23)21(2)17(24-11)20-13-6-4-3-5-7-13/h3-10H,1-2H3,(H2,19,22,23). The third-order valence-corrected chi connectivity index (χ3v) is 6.13. The van der Waals surface area contributed by atoms with Gasteiger partial charge in [-0.3, -0.25) is 0 Å². The Morgan fingerprint density at radius 3 is 2.48 bits per heavy atom. The highest BCUT2D eigenvalue weighted by Crippen LogP contribution is 2.30. The Morgan fingerprint density at radius 1 is 1.16 bits per heavy atom. The SMILES string of the molecule is Cc1sc(=Nc2ccccc2)n(C)c1-c1ccc(Cl)c(S(N)(=O)=O)c1. The summed E-state index contributed by atoms with van der Waals surface area (Å²) in [6.07, 6.45) is 0. The topological polar surface area (TPSA) is 77.5 Å². The lowest BCUT2D eigenvalue weighted by molar-refractivity contribution is 0.598. The molecule has 0 aliphatic heterocycles. The van der Waals surface area contributed by atoms with Crippen LogP contribution in [0.25, 0.3) is 11.3 Å². The molecule has 8 heteroatoms. The number of thiazole rings is 1. The van der Waals surface area contributed by atoms with Crippen LogP contribution >= 0.6 is 22.9 Å². The van der Waals surface area contributed by atoms with E-state index in [9.17, 15) is 8.42 Å². The van der Waals surface area contributed by atoms with Crippen LogP contribution in [0.4, 0.5) is 5.69 Å². The number of rotatable bonds is 3.